The number of hydrogen-bond acceptors (Lipinski definition) is 6. The molecule has 0 saturated heterocycles. The predicted molar refractivity (Wildman–Crippen MR) is 86.5 cm³/mol. The van der Waals surface area contributed by atoms with Crippen LogP contribution < -0.4 is 14.8 Å². The lowest BCUT2D eigenvalue weighted by molar-refractivity contribution is -0.116. The van der Waals surface area contributed by atoms with Gasteiger partial charge >= 0.3 is 0 Å². The molecule has 0 atom stereocenters. The predicted octanol–water partition coefficient (Wildman–Crippen LogP) is 0.550. The summed E-state index contributed by atoms with van der Waals surface area (Å²) in [6.07, 6.45) is 1.05. The van der Waals surface area contributed by atoms with E-state index in [0.29, 0.717) is 17.2 Å². The van der Waals surface area contributed by atoms with Gasteiger partial charge in [0.2, 0.25) is 15.9 Å². The molecule has 0 fully saturated rings. The van der Waals surface area contributed by atoms with E-state index in [0.717, 1.165) is 10.6 Å². The number of amides is 1. The van der Waals surface area contributed by atoms with Gasteiger partial charge in [-0.3, -0.25) is 4.79 Å². The third-order valence-electron chi connectivity index (χ3n) is 3.02. The molecule has 0 radical (unpaired) electrons. The summed E-state index contributed by atoms with van der Waals surface area (Å²) in [5, 5.41) is 2.63. The molecule has 0 aliphatic heterocycles. The van der Waals surface area contributed by atoms with Gasteiger partial charge in [-0.25, -0.2) is 8.42 Å². The van der Waals surface area contributed by atoms with E-state index in [2.05, 4.69) is 5.32 Å². The molecule has 1 aromatic carbocycles. The fourth-order valence-corrected chi connectivity index (χ4v) is 2.56. The molecule has 1 aromatic rings. The molecule has 0 aliphatic carbocycles. The van der Waals surface area contributed by atoms with Gasteiger partial charge in [0.25, 0.3) is 0 Å². The van der Waals surface area contributed by atoms with Gasteiger partial charge in [0, 0.05) is 19.7 Å². The number of hydrogen-bond donors (Lipinski definition) is 1. The van der Waals surface area contributed by atoms with Crippen molar-refractivity contribution in [3.63, 3.8) is 0 Å². The first-order valence-electron chi connectivity index (χ1n) is 6.77. The van der Waals surface area contributed by atoms with E-state index < -0.39 is 15.9 Å². The Hall–Kier alpha value is -1.84. The van der Waals surface area contributed by atoms with Crippen molar-refractivity contribution >= 4 is 21.6 Å². The van der Waals surface area contributed by atoms with Crippen molar-refractivity contribution in [1.29, 1.82) is 0 Å². The van der Waals surface area contributed by atoms with E-state index in [1.807, 2.05) is 0 Å². The van der Waals surface area contributed by atoms with Crippen LogP contribution in [0.1, 0.15) is 0 Å². The second-order valence-electron chi connectivity index (χ2n) is 4.70. The molecule has 1 amide bonds. The number of anilines is 1. The van der Waals surface area contributed by atoms with Crippen LogP contribution in [-0.4, -0.2) is 65.9 Å². The van der Waals surface area contributed by atoms with E-state index in [-0.39, 0.29) is 19.7 Å². The Morgan fingerprint density at radius 3 is 2.43 bits per heavy atom. The van der Waals surface area contributed by atoms with Crippen molar-refractivity contribution < 1.29 is 27.4 Å². The molecule has 0 saturated carbocycles. The highest BCUT2D eigenvalue weighted by Crippen LogP contribution is 2.28. The lowest BCUT2D eigenvalue weighted by atomic mass is 10.2. The van der Waals surface area contributed by atoms with Crippen LogP contribution in [0.4, 0.5) is 5.69 Å². The van der Waals surface area contributed by atoms with E-state index in [1.54, 1.807) is 18.2 Å². The second kappa shape index (κ2) is 8.70. The third-order valence-corrected chi connectivity index (χ3v) is 4.27. The highest BCUT2D eigenvalue weighted by atomic mass is 32.2. The Kier molecular flexibility index (Phi) is 7.27. The number of rotatable bonds is 9. The largest absolute Gasteiger partial charge is 0.497 e. The number of ether oxygens (including phenoxy) is 3. The first-order chi connectivity index (χ1) is 10.8. The number of nitrogens with one attached hydrogen (secondary N) is 1. The quantitative estimate of drug-likeness (QED) is 0.702. The number of sulfonamides is 1. The van der Waals surface area contributed by atoms with Gasteiger partial charge in [-0.2, -0.15) is 4.31 Å². The molecule has 0 heterocycles. The van der Waals surface area contributed by atoms with Gasteiger partial charge in [0.15, 0.2) is 0 Å². The number of carbonyl (C=O) groups is 1. The van der Waals surface area contributed by atoms with Gasteiger partial charge in [-0.1, -0.05) is 0 Å². The molecule has 0 spiro atoms. The number of benzene rings is 1. The van der Waals surface area contributed by atoms with Gasteiger partial charge in [0.1, 0.15) is 11.5 Å². The summed E-state index contributed by atoms with van der Waals surface area (Å²) in [5.41, 5.74) is 0.429. The van der Waals surface area contributed by atoms with E-state index in [9.17, 15) is 13.2 Å². The molecule has 0 aromatic heterocycles. The Morgan fingerprint density at radius 1 is 1.22 bits per heavy atom. The van der Waals surface area contributed by atoms with E-state index in [1.165, 1.54) is 21.3 Å². The van der Waals surface area contributed by atoms with Crippen molar-refractivity contribution in [2.45, 2.75) is 0 Å². The monoisotopic (exact) mass is 346 g/mol. The zero-order chi connectivity index (χ0) is 17.5. The van der Waals surface area contributed by atoms with Crippen LogP contribution in [0.2, 0.25) is 0 Å². The molecule has 0 unspecified atom stereocenters. The normalized spacial score (nSPS) is 11.3. The summed E-state index contributed by atoms with van der Waals surface area (Å²) in [4.78, 5) is 12.1. The molecule has 9 heteroatoms. The lowest BCUT2D eigenvalue weighted by Gasteiger charge is -2.19. The fourth-order valence-electron chi connectivity index (χ4n) is 1.81. The summed E-state index contributed by atoms with van der Waals surface area (Å²) in [5.74, 6) is 0.521. The first kappa shape index (κ1) is 19.2. The highest BCUT2D eigenvalue weighted by Gasteiger charge is 2.20. The van der Waals surface area contributed by atoms with E-state index in [4.69, 9.17) is 14.2 Å². The number of methoxy groups -OCH3 is 3. The van der Waals surface area contributed by atoms with Crippen LogP contribution in [-0.2, 0) is 19.6 Å². The van der Waals surface area contributed by atoms with Crippen molar-refractivity contribution in [3.8, 4) is 11.5 Å². The molecular weight excluding hydrogens is 324 g/mol. The van der Waals surface area contributed by atoms with Crippen LogP contribution in [0.3, 0.4) is 0 Å². The fraction of sp³-hybridized carbons (Fsp3) is 0.500. The van der Waals surface area contributed by atoms with Crippen LogP contribution >= 0.6 is 0 Å². The molecule has 8 nitrogen and oxygen atoms in total. The van der Waals surface area contributed by atoms with Gasteiger partial charge in [-0.05, 0) is 12.1 Å². The molecular formula is C14H22N2O6S. The molecule has 0 bridgehead atoms. The minimum atomic E-state index is -3.51. The summed E-state index contributed by atoms with van der Waals surface area (Å²) < 4.78 is 39.5. The van der Waals surface area contributed by atoms with Crippen molar-refractivity contribution in [2.75, 3.05) is 52.6 Å². The Morgan fingerprint density at radius 2 is 1.91 bits per heavy atom. The van der Waals surface area contributed by atoms with Crippen LogP contribution in [0.15, 0.2) is 18.2 Å². The summed E-state index contributed by atoms with van der Waals surface area (Å²) in [6.45, 7) is -0.00785. The number of nitrogens with zero attached hydrogens (tertiary/aromatic N) is 1. The van der Waals surface area contributed by atoms with Crippen LogP contribution in [0, 0.1) is 0 Å². The topological polar surface area (TPSA) is 94.2 Å². The van der Waals surface area contributed by atoms with Crippen molar-refractivity contribution in [3.05, 3.63) is 18.2 Å². The van der Waals surface area contributed by atoms with Crippen molar-refractivity contribution in [2.24, 2.45) is 0 Å². The molecule has 0 aliphatic rings. The number of carbonyl (C=O) groups excluding carboxylic acids is 1. The Labute approximate surface area is 136 Å². The van der Waals surface area contributed by atoms with Gasteiger partial charge in [-0.15, -0.1) is 0 Å². The second-order valence-corrected chi connectivity index (χ2v) is 6.69. The minimum Gasteiger partial charge on any atom is -0.497 e. The molecule has 23 heavy (non-hydrogen) atoms. The zero-order valence-electron chi connectivity index (χ0n) is 13.7. The van der Waals surface area contributed by atoms with Gasteiger partial charge < -0.3 is 19.5 Å². The minimum absolute atomic E-state index is 0.0997. The van der Waals surface area contributed by atoms with Crippen LogP contribution in [0.25, 0.3) is 0 Å². The summed E-state index contributed by atoms with van der Waals surface area (Å²) >= 11 is 0. The maximum atomic E-state index is 12.1. The van der Waals surface area contributed by atoms with Crippen molar-refractivity contribution in [1.82, 2.24) is 4.31 Å². The first-order valence-corrected chi connectivity index (χ1v) is 8.62. The molecule has 1 N–H and O–H groups in total. The molecule has 130 valence electrons. The zero-order valence-corrected chi connectivity index (χ0v) is 14.5. The molecule has 1 rings (SSSR count). The SMILES string of the molecule is COCCN(CC(=O)Nc1ccc(OC)cc1OC)S(C)(=O)=O. The average Bonchev–Trinajstić information content (AvgIpc) is 2.50. The average molecular weight is 346 g/mol. The summed E-state index contributed by atoms with van der Waals surface area (Å²) in [7, 11) is 0.936. The Bertz CT molecular complexity index is 632. The maximum absolute atomic E-state index is 12.1. The smallest absolute Gasteiger partial charge is 0.239 e. The van der Waals surface area contributed by atoms with Crippen LogP contribution in [0.5, 0.6) is 11.5 Å². The standard InChI is InChI=1S/C14H22N2O6S/c1-20-8-7-16(23(4,18)19)10-14(17)15-12-6-5-11(21-2)9-13(12)22-3/h5-6,9H,7-8,10H2,1-4H3,(H,15,17). The summed E-state index contributed by atoms with van der Waals surface area (Å²) in [6, 6.07) is 4.90. The van der Waals surface area contributed by atoms with E-state index >= 15 is 0 Å². The third kappa shape index (κ3) is 6.05. The lowest BCUT2D eigenvalue weighted by Crippen LogP contribution is -2.39. The maximum Gasteiger partial charge on any atom is 0.239 e. The highest BCUT2D eigenvalue weighted by molar-refractivity contribution is 7.88. The van der Waals surface area contributed by atoms with Gasteiger partial charge in [0.05, 0.1) is 39.3 Å². The Balaban J connectivity index is 2.82.